The molecule has 0 heterocycles. The number of benzene rings is 2. The van der Waals surface area contributed by atoms with E-state index in [4.69, 9.17) is 22.1 Å². The van der Waals surface area contributed by atoms with Gasteiger partial charge in [0, 0.05) is 6.07 Å². The molecule has 0 radical (unpaired) electrons. The molecule has 0 saturated carbocycles. The highest BCUT2D eigenvalue weighted by atomic mass is 79.9. The van der Waals surface area contributed by atoms with Gasteiger partial charge in [0.2, 0.25) is 0 Å². The van der Waals surface area contributed by atoms with Crippen LogP contribution in [-0.4, -0.2) is 0 Å². The standard InChI is InChI=1S/C12H7BrClF2NO/c13-6-4-9(17)11(5-8(6)15)18-10-3-1-2-7(14)12(10)16/h1-5H,17H2. The second-order valence-corrected chi connectivity index (χ2v) is 4.72. The third kappa shape index (κ3) is 2.57. The van der Waals surface area contributed by atoms with Crippen molar-refractivity contribution in [3.05, 3.63) is 51.5 Å². The Hall–Kier alpha value is -1.33. The summed E-state index contributed by atoms with van der Waals surface area (Å²) in [5, 5.41) is -0.0799. The number of hydrogen-bond donors (Lipinski definition) is 1. The maximum absolute atomic E-state index is 13.6. The maximum atomic E-state index is 13.6. The molecule has 0 fully saturated rings. The van der Waals surface area contributed by atoms with Crippen molar-refractivity contribution in [2.75, 3.05) is 5.73 Å². The number of rotatable bonds is 2. The van der Waals surface area contributed by atoms with Crippen molar-refractivity contribution in [2.24, 2.45) is 0 Å². The molecule has 0 bridgehead atoms. The number of nitrogen functional groups attached to an aromatic ring is 1. The van der Waals surface area contributed by atoms with Crippen molar-refractivity contribution in [1.82, 2.24) is 0 Å². The van der Waals surface area contributed by atoms with Gasteiger partial charge >= 0.3 is 0 Å². The molecule has 6 heteroatoms. The van der Waals surface area contributed by atoms with Gasteiger partial charge in [-0.3, -0.25) is 0 Å². The fraction of sp³-hybridized carbons (Fsp3) is 0. The van der Waals surface area contributed by atoms with Crippen LogP contribution in [0.1, 0.15) is 0 Å². The average Bonchev–Trinajstić information content (AvgIpc) is 2.32. The molecule has 2 N–H and O–H groups in total. The zero-order valence-corrected chi connectivity index (χ0v) is 11.2. The predicted octanol–water partition coefficient (Wildman–Crippen LogP) is 4.76. The van der Waals surface area contributed by atoms with Gasteiger partial charge < -0.3 is 10.5 Å². The third-order valence-electron chi connectivity index (χ3n) is 2.19. The van der Waals surface area contributed by atoms with Crippen LogP contribution in [0.5, 0.6) is 11.5 Å². The van der Waals surface area contributed by atoms with Gasteiger partial charge in [0.25, 0.3) is 0 Å². The second-order valence-electron chi connectivity index (χ2n) is 3.46. The van der Waals surface area contributed by atoms with Crippen LogP contribution >= 0.6 is 27.5 Å². The van der Waals surface area contributed by atoms with Crippen LogP contribution in [0, 0.1) is 11.6 Å². The molecule has 0 unspecified atom stereocenters. The number of anilines is 1. The van der Waals surface area contributed by atoms with E-state index in [2.05, 4.69) is 15.9 Å². The molecule has 0 aliphatic carbocycles. The van der Waals surface area contributed by atoms with Gasteiger partial charge in [0.1, 0.15) is 5.82 Å². The molecule has 94 valence electrons. The minimum atomic E-state index is -0.720. The lowest BCUT2D eigenvalue weighted by Gasteiger charge is -2.10. The molecule has 2 aromatic rings. The van der Waals surface area contributed by atoms with Crippen LogP contribution in [0.15, 0.2) is 34.8 Å². The second kappa shape index (κ2) is 5.12. The van der Waals surface area contributed by atoms with E-state index >= 15 is 0 Å². The number of halogens is 4. The summed E-state index contributed by atoms with van der Waals surface area (Å²) in [4.78, 5) is 0. The van der Waals surface area contributed by atoms with E-state index in [-0.39, 0.29) is 26.7 Å². The molecule has 0 aliphatic rings. The minimum Gasteiger partial charge on any atom is -0.452 e. The van der Waals surface area contributed by atoms with Crippen molar-refractivity contribution in [3.8, 4) is 11.5 Å². The van der Waals surface area contributed by atoms with Crippen molar-refractivity contribution in [1.29, 1.82) is 0 Å². The Morgan fingerprint density at radius 2 is 1.89 bits per heavy atom. The quantitative estimate of drug-likeness (QED) is 0.804. The number of hydrogen-bond acceptors (Lipinski definition) is 2. The third-order valence-corrected chi connectivity index (χ3v) is 3.09. The Bertz CT molecular complexity index is 607. The molecule has 2 rings (SSSR count). The van der Waals surface area contributed by atoms with E-state index in [1.807, 2.05) is 0 Å². The first-order valence-electron chi connectivity index (χ1n) is 4.85. The van der Waals surface area contributed by atoms with Gasteiger partial charge in [-0.1, -0.05) is 17.7 Å². The zero-order chi connectivity index (χ0) is 13.3. The van der Waals surface area contributed by atoms with Gasteiger partial charge in [-0.15, -0.1) is 0 Å². The number of ether oxygens (including phenoxy) is 1. The minimum absolute atomic E-state index is 0.0249. The summed E-state index contributed by atoms with van der Waals surface area (Å²) in [5.74, 6) is -1.36. The van der Waals surface area contributed by atoms with Crippen LogP contribution in [0.25, 0.3) is 0 Å². The van der Waals surface area contributed by atoms with E-state index in [9.17, 15) is 8.78 Å². The monoisotopic (exact) mass is 333 g/mol. The van der Waals surface area contributed by atoms with Crippen LogP contribution in [0.2, 0.25) is 5.02 Å². The van der Waals surface area contributed by atoms with Crippen LogP contribution in [0.4, 0.5) is 14.5 Å². The molecule has 0 amide bonds. The first kappa shape index (κ1) is 13.1. The zero-order valence-electron chi connectivity index (χ0n) is 8.88. The van der Waals surface area contributed by atoms with Crippen molar-refractivity contribution < 1.29 is 13.5 Å². The Kier molecular flexibility index (Phi) is 3.73. The smallest absolute Gasteiger partial charge is 0.184 e. The lowest BCUT2D eigenvalue weighted by molar-refractivity contribution is 0.440. The maximum Gasteiger partial charge on any atom is 0.184 e. The molecule has 0 spiro atoms. The Balaban J connectivity index is 2.40. The topological polar surface area (TPSA) is 35.2 Å². The average molecular weight is 335 g/mol. The Labute approximate surface area is 115 Å². The number of nitrogens with two attached hydrogens (primary N) is 1. The van der Waals surface area contributed by atoms with E-state index in [0.29, 0.717) is 0 Å². The van der Waals surface area contributed by atoms with Crippen molar-refractivity contribution in [2.45, 2.75) is 0 Å². The van der Waals surface area contributed by atoms with Gasteiger partial charge in [0.15, 0.2) is 17.3 Å². The highest BCUT2D eigenvalue weighted by Crippen LogP contribution is 2.34. The molecular formula is C12H7BrClF2NO. The van der Waals surface area contributed by atoms with E-state index in [0.717, 1.165) is 6.07 Å². The molecule has 0 saturated heterocycles. The Morgan fingerprint density at radius 1 is 1.17 bits per heavy atom. The molecule has 2 nitrogen and oxygen atoms in total. The summed E-state index contributed by atoms with van der Waals surface area (Å²) >= 11 is 8.59. The predicted molar refractivity (Wildman–Crippen MR) is 70.0 cm³/mol. The highest BCUT2D eigenvalue weighted by molar-refractivity contribution is 9.10. The van der Waals surface area contributed by atoms with Gasteiger partial charge in [-0.05, 0) is 34.1 Å². The van der Waals surface area contributed by atoms with Gasteiger partial charge in [-0.25, -0.2) is 8.78 Å². The molecular weight excluding hydrogens is 327 g/mol. The van der Waals surface area contributed by atoms with E-state index in [1.165, 1.54) is 24.3 Å². The van der Waals surface area contributed by atoms with Gasteiger partial charge in [0.05, 0.1) is 15.2 Å². The molecule has 0 atom stereocenters. The Morgan fingerprint density at radius 3 is 2.61 bits per heavy atom. The fourth-order valence-electron chi connectivity index (χ4n) is 1.31. The SMILES string of the molecule is Nc1cc(Br)c(F)cc1Oc1cccc(Cl)c1F. The van der Waals surface area contributed by atoms with E-state index in [1.54, 1.807) is 0 Å². The fourth-order valence-corrected chi connectivity index (χ4v) is 1.84. The summed E-state index contributed by atoms with van der Waals surface area (Å²) in [7, 11) is 0. The van der Waals surface area contributed by atoms with Gasteiger partial charge in [-0.2, -0.15) is 0 Å². The summed E-state index contributed by atoms with van der Waals surface area (Å²) < 4.78 is 32.4. The summed E-state index contributed by atoms with van der Waals surface area (Å²) in [5.41, 5.74) is 5.83. The highest BCUT2D eigenvalue weighted by Gasteiger charge is 2.12. The molecule has 18 heavy (non-hydrogen) atoms. The summed E-state index contributed by atoms with van der Waals surface area (Å²) in [6, 6.07) is 6.69. The van der Waals surface area contributed by atoms with Crippen LogP contribution in [-0.2, 0) is 0 Å². The van der Waals surface area contributed by atoms with E-state index < -0.39 is 11.6 Å². The largest absolute Gasteiger partial charge is 0.452 e. The van der Waals surface area contributed by atoms with Crippen LogP contribution in [0.3, 0.4) is 0 Å². The summed E-state index contributed by atoms with van der Waals surface area (Å²) in [6.07, 6.45) is 0. The van der Waals surface area contributed by atoms with Crippen molar-refractivity contribution in [3.63, 3.8) is 0 Å². The lowest BCUT2D eigenvalue weighted by Crippen LogP contribution is -1.95. The lowest BCUT2D eigenvalue weighted by atomic mass is 10.3. The van der Waals surface area contributed by atoms with Crippen molar-refractivity contribution >= 4 is 33.2 Å². The molecule has 0 aromatic heterocycles. The normalized spacial score (nSPS) is 10.4. The first-order valence-corrected chi connectivity index (χ1v) is 6.02. The van der Waals surface area contributed by atoms with Crippen LogP contribution < -0.4 is 10.5 Å². The molecule has 0 aliphatic heterocycles. The molecule has 2 aromatic carbocycles. The summed E-state index contributed by atoms with van der Waals surface area (Å²) in [6.45, 7) is 0. The first-order chi connectivity index (χ1) is 8.49.